The number of Topliss-reactive ketones (excluding diaryl/α,β-unsaturated/α-hetero) is 1. The van der Waals surface area contributed by atoms with Gasteiger partial charge in [0.05, 0.1) is 21.6 Å². The third-order valence-electron chi connectivity index (χ3n) is 7.88. The van der Waals surface area contributed by atoms with E-state index in [9.17, 15) is 24.3 Å². The minimum absolute atomic E-state index is 0.0230. The number of fused-ring (bicyclic) bond motifs is 2. The van der Waals surface area contributed by atoms with Crippen molar-refractivity contribution in [1.82, 2.24) is 20.5 Å². The number of H-pyrrole nitrogens is 1. The van der Waals surface area contributed by atoms with Crippen molar-refractivity contribution in [3.05, 3.63) is 33.9 Å². The number of likely N-dealkylation sites (tertiary alicyclic amines) is 1. The van der Waals surface area contributed by atoms with Crippen LogP contribution in [-0.2, 0) is 14.4 Å². The van der Waals surface area contributed by atoms with Crippen LogP contribution in [-0.4, -0.2) is 70.3 Å². The lowest BCUT2D eigenvalue weighted by Crippen LogP contribution is -2.53. The monoisotopic (exact) mass is 534 g/mol. The first kappa shape index (κ1) is 25.0. The van der Waals surface area contributed by atoms with E-state index in [1.807, 2.05) is 0 Å². The highest BCUT2D eigenvalue weighted by atomic mass is 35.5. The number of hydrogen-bond donors (Lipinski definition) is 4. The summed E-state index contributed by atoms with van der Waals surface area (Å²) < 4.78 is 0. The fraction of sp³-hybridized carbons (Fsp3) is 0.520. The van der Waals surface area contributed by atoms with Crippen molar-refractivity contribution < 1.29 is 24.3 Å². The molecule has 3 heterocycles. The fourth-order valence-electron chi connectivity index (χ4n) is 6.06. The van der Waals surface area contributed by atoms with Gasteiger partial charge in [0.2, 0.25) is 11.8 Å². The smallest absolute Gasteiger partial charge is 0.271 e. The summed E-state index contributed by atoms with van der Waals surface area (Å²) in [4.78, 5) is 56.4. The highest BCUT2D eigenvalue weighted by Gasteiger charge is 2.50. The molecule has 0 radical (unpaired) electrons. The Balaban J connectivity index is 1.40. The zero-order valence-corrected chi connectivity index (χ0v) is 21.1. The van der Waals surface area contributed by atoms with Crippen LogP contribution in [0.15, 0.2) is 18.2 Å². The number of carbonyl (C=O) groups is 4. The lowest BCUT2D eigenvalue weighted by molar-refractivity contribution is -0.133. The Bertz CT molecular complexity index is 1190. The molecule has 4 N–H and O–H groups in total. The second-order valence-electron chi connectivity index (χ2n) is 9.96. The molecule has 0 spiro atoms. The number of aliphatic hydroxyl groups excluding tert-OH is 1. The first-order valence-electron chi connectivity index (χ1n) is 12.3. The van der Waals surface area contributed by atoms with Crippen LogP contribution in [0.5, 0.6) is 0 Å². The summed E-state index contributed by atoms with van der Waals surface area (Å²) in [6, 6.07) is 3.20. The van der Waals surface area contributed by atoms with Gasteiger partial charge in [-0.2, -0.15) is 0 Å². The molecule has 2 aromatic rings. The van der Waals surface area contributed by atoms with E-state index in [1.165, 1.54) is 0 Å². The molecule has 3 fully saturated rings. The van der Waals surface area contributed by atoms with Gasteiger partial charge < -0.3 is 25.6 Å². The van der Waals surface area contributed by atoms with Crippen molar-refractivity contribution in [2.24, 2.45) is 17.8 Å². The number of nitrogens with one attached hydrogen (secondary N) is 3. The molecular weight excluding hydrogens is 507 g/mol. The molecule has 192 valence electrons. The minimum atomic E-state index is -1.00. The molecule has 1 aromatic heterocycles. The largest absolute Gasteiger partial charge is 0.389 e. The van der Waals surface area contributed by atoms with E-state index >= 15 is 0 Å². The zero-order chi connectivity index (χ0) is 25.6. The third-order valence-corrected chi connectivity index (χ3v) is 8.53. The average molecular weight is 535 g/mol. The molecule has 5 rings (SSSR count). The maximum absolute atomic E-state index is 13.7. The molecule has 36 heavy (non-hydrogen) atoms. The van der Waals surface area contributed by atoms with Crippen LogP contribution < -0.4 is 10.6 Å². The average Bonchev–Trinajstić information content (AvgIpc) is 3.64. The summed E-state index contributed by atoms with van der Waals surface area (Å²) >= 11 is 12.6. The van der Waals surface area contributed by atoms with Crippen molar-refractivity contribution in [3.63, 3.8) is 0 Å². The minimum Gasteiger partial charge on any atom is -0.389 e. The molecule has 3 aliphatic rings. The molecule has 5 atom stereocenters. The molecule has 1 aromatic carbocycles. The number of halogens is 2. The van der Waals surface area contributed by atoms with Gasteiger partial charge in [0.25, 0.3) is 5.91 Å². The summed E-state index contributed by atoms with van der Waals surface area (Å²) in [6.45, 7) is 0.210. The molecule has 9 nitrogen and oxygen atoms in total. The number of aromatic amines is 1. The number of aliphatic hydroxyl groups is 1. The molecule has 2 aliphatic heterocycles. The molecule has 2 saturated heterocycles. The Labute approximate surface area is 217 Å². The van der Waals surface area contributed by atoms with E-state index in [1.54, 1.807) is 23.1 Å². The van der Waals surface area contributed by atoms with Gasteiger partial charge in [0, 0.05) is 24.4 Å². The molecule has 5 unspecified atom stereocenters. The Morgan fingerprint density at radius 2 is 1.94 bits per heavy atom. The second-order valence-corrected chi connectivity index (χ2v) is 10.8. The summed E-state index contributed by atoms with van der Waals surface area (Å²) in [5, 5.41) is 16.5. The number of benzene rings is 1. The molecule has 0 bridgehead atoms. The van der Waals surface area contributed by atoms with E-state index in [2.05, 4.69) is 15.6 Å². The number of nitrogens with zero attached hydrogens (tertiary/aromatic N) is 1. The second kappa shape index (κ2) is 10.0. The SMILES string of the molecule is O=C1NCCC1CC(NC(=O)C1C2CCCC2CN1C(=O)c1cc2c(Cl)ccc(Cl)c2[nH]1)C(=O)CO. The molecular formula is C25H28Cl2N4O5. The Morgan fingerprint density at radius 1 is 1.17 bits per heavy atom. The number of rotatable bonds is 7. The third kappa shape index (κ3) is 4.48. The predicted molar refractivity (Wildman–Crippen MR) is 134 cm³/mol. The van der Waals surface area contributed by atoms with Gasteiger partial charge in [-0.3, -0.25) is 19.2 Å². The van der Waals surface area contributed by atoms with Crippen molar-refractivity contribution in [2.75, 3.05) is 19.7 Å². The van der Waals surface area contributed by atoms with Gasteiger partial charge in [-0.05, 0) is 55.7 Å². The summed E-state index contributed by atoms with van der Waals surface area (Å²) in [5.74, 6) is -1.74. The molecule has 1 saturated carbocycles. The van der Waals surface area contributed by atoms with Gasteiger partial charge in [0.15, 0.2) is 5.78 Å². The Kier molecular flexibility index (Phi) is 6.98. The van der Waals surface area contributed by atoms with Crippen LogP contribution in [0.2, 0.25) is 10.0 Å². The van der Waals surface area contributed by atoms with E-state index in [-0.39, 0.29) is 35.8 Å². The summed E-state index contributed by atoms with van der Waals surface area (Å²) in [7, 11) is 0. The maximum Gasteiger partial charge on any atom is 0.271 e. The van der Waals surface area contributed by atoms with Crippen LogP contribution in [0.3, 0.4) is 0 Å². The predicted octanol–water partition coefficient (Wildman–Crippen LogP) is 2.29. The Hall–Kier alpha value is -2.62. The van der Waals surface area contributed by atoms with Crippen molar-refractivity contribution in [1.29, 1.82) is 0 Å². The molecule has 11 heteroatoms. The number of amides is 3. The number of aromatic nitrogens is 1. The fourth-order valence-corrected chi connectivity index (χ4v) is 6.49. The maximum atomic E-state index is 13.7. The number of carbonyl (C=O) groups excluding carboxylic acids is 4. The van der Waals surface area contributed by atoms with Gasteiger partial charge >= 0.3 is 0 Å². The lowest BCUT2D eigenvalue weighted by atomic mass is 9.92. The van der Waals surface area contributed by atoms with Crippen LogP contribution in [0.4, 0.5) is 0 Å². The van der Waals surface area contributed by atoms with E-state index in [0.29, 0.717) is 40.5 Å². The van der Waals surface area contributed by atoms with Crippen molar-refractivity contribution in [3.8, 4) is 0 Å². The van der Waals surface area contributed by atoms with E-state index in [0.717, 1.165) is 19.3 Å². The van der Waals surface area contributed by atoms with Crippen LogP contribution in [0.1, 0.15) is 42.6 Å². The van der Waals surface area contributed by atoms with Crippen molar-refractivity contribution in [2.45, 2.75) is 44.2 Å². The Morgan fingerprint density at radius 3 is 2.64 bits per heavy atom. The first-order valence-corrected chi connectivity index (χ1v) is 13.0. The van der Waals surface area contributed by atoms with Crippen LogP contribution >= 0.6 is 23.2 Å². The van der Waals surface area contributed by atoms with Crippen LogP contribution in [0.25, 0.3) is 10.9 Å². The lowest BCUT2D eigenvalue weighted by Gasteiger charge is -2.29. The first-order chi connectivity index (χ1) is 17.3. The van der Waals surface area contributed by atoms with E-state index in [4.69, 9.17) is 23.2 Å². The van der Waals surface area contributed by atoms with Gasteiger partial charge in [0.1, 0.15) is 18.3 Å². The van der Waals surface area contributed by atoms with Gasteiger partial charge in [-0.1, -0.05) is 29.6 Å². The normalized spacial score (nSPS) is 26.2. The zero-order valence-electron chi connectivity index (χ0n) is 19.6. The molecule has 3 amide bonds. The highest BCUT2D eigenvalue weighted by molar-refractivity contribution is 6.40. The van der Waals surface area contributed by atoms with Crippen LogP contribution in [0, 0.1) is 17.8 Å². The van der Waals surface area contributed by atoms with Gasteiger partial charge in [-0.15, -0.1) is 0 Å². The summed E-state index contributed by atoms with van der Waals surface area (Å²) in [5.41, 5.74) is 0.833. The number of hydrogen-bond acceptors (Lipinski definition) is 5. The van der Waals surface area contributed by atoms with E-state index < -0.39 is 36.3 Å². The highest BCUT2D eigenvalue weighted by Crippen LogP contribution is 2.43. The quantitative estimate of drug-likeness (QED) is 0.432. The van der Waals surface area contributed by atoms with Gasteiger partial charge in [-0.25, -0.2) is 0 Å². The summed E-state index contributed by atoms with van der Waals surface area (Å²) in [6.07, 6.45) is 3.38. The number of ketones is 1. The van der Waals surface area contributed by atoms with Crippen molar-refractivity contribution >= 4 is 57.6 Å². The standard InChI is InChI=1S/C25H28Cl2N4O5/c26-16-4-5-17(27)21-15(16)9-19(29-21)25(36)31-10-13-2-1-3-14(13)22(31)24(35)30-18(20(33)11-32)8-12-6-7-28-23(12)34/h4-5,9,12-14,18,22,29,32H,1-3,6-8,10-11H2,(H,28,34)(H,30,35). The topological polar surface area (TPSA) is 132 Å². The molecule has 1 aliphatic carbocycles.